The number of rotatable bonds is 5. The Hall–Kier alpha value is -2.67. The topological polar surface area (TPSA) is 76.1 Å². The number of aromatic hydroxyl groups is 1. The molecule has 1 heterocycles. The van der Waals surface area contributed by atoms with Crippen molar-refractivity contribution in [3.8, 4) is 11.5 Å². The first-order valence-electron chi connectivity index (χ1n) is 7.98. The number of amides is 1. The fourth-order valence-electron chi connectivity index (χ4n) is 2.82. The Morgan fingerprint density at radius 3 is 2.62 bits per heavy atom. The number of carbonyl (C=O) groups excluding carboxylic acids is 2. The summed E-state index contributed by atoms with van der Waals surface area (Å²) in [5, 5.41) is 9.59. The SMILES string of the molecule is COC(=O)c1ccc(C2SCC(=O)N2Cc2ccc(O)c(OC)c2)cc1. The molecule has 0 radical (unpaired) electrons. The van der Waals surface area contributed by atoms with Crippen LogP contribution in [0.25, 0.3) is 0 Å². The number of thioether (sulfide) groups is 1. The lowest BCUT2D eigenvalue weighted by Gasteiger charge is -2.24. The molecule has 6 nitrogen and oxygen atoms in total. The van der Waals surface area contributed by atoms with Gasteiger partial charge in [-0.1, -0.05) is 18.2 Å². The Morgan fingerprint density at radius 2 is 1.96 bits per heavy atom. The minimum absolute atomic E-state index is 0.0455. The van der Waals surface area contributed by atoms with E-state index in [2.05, 4.69) is 0 Å². The van der Waals surface area contributed by atoms with Gasteiger partial charge in [-0.2, -0.15) is 0 Å². The van der Waals surface area contributed by atoms with E-state index in [4.69, 9.17) is 9.47 Å². The Bertz CT molecular complexity index is 821. The summed E-state index contributed by atoms with van der Waals surface area (Å²) in [6, 6.07) is 12.1. The number of phenolic OH excluding ortho intramolecular Hbond substituents is 1. The quantitative estimate of drug-likeness (QED) is 0.812. The van der Waals surface area contributed by atoms with Gasteiger partial charge >= 0.3 is 5.97 Å². The summed E-state index contributed by atoms with van der Waals surface area (Å²) in [5.41, 5.74) is 2.28. The van der Waals surface area contributed by atoms with E-state index < -0.39 is 0 Å². The van der Waals surface area contributed by atoms with Gasteiger partial charge in [0.2, 0.25) is 5.91 Å². The van der Waals surface area contributed by atoms with E-state index >= 15 is 0 Å². The molecule has 1 N–H and O–H groups in total. The van der Waals surface area contributed by atoms with Crippen LogP contribution in [0.15, 0.2) is 42.5 Å². The number of esters is 1. The van der Waals surface area contributed by atoms with Crippen molar-refractivity contribution in [1.82, 2.24) is 4.90 Å². The van der Waals surface area contributed by atoms with Gasteiger partial charge in [-0.25, -0.2) is 4.79 Å². The highest BCUT2D eigenvalue weighted by Crippen LogP contribution is 2.40. The Morgan fingerprint density at radius 1 is 1.23 bits per heavy atom. The van der Waals surface area contributed by atoms with E-state index in [1.165, 1.54) is 14.2 Å². The molecule has 136 valence electrons. The monoisotopic (exact) mass is 373 g/mol. The number of methoxy groups -OCH3 is 2. The maximum Gasteiger partial charge on any atom is 0.337 e. The fraction of sp³-hybridized carbons (Fsp3) is 0.263. The lowest BCUT2D eigenvalue weighted by atomic mass is 10.1. The summed E-state index contributed by atoms with van der Waals surface area (Å²) < 4.78 is 9.84. The van der Waals surface area contributed by atoms with Gasteiger partial charge in [0, 0.05) is 6.54 Å². The fourth-order valence-corrected chi connectivity index (χ4v) is 4.01. The normalized spacial score (nSPS) is 16.6. The Labute approximate surface area is 155 Å². The zero-order chi connectivity index (χ0) is 18.7. The predicted molar refractivity (Wildman–Crippen MR) is 98.2 cm³/mol. The summed E-state index contributed by atoms with van der Waals surface area (Å²) in [4.78, 5) is 25.7. The molecule has 2 aromatic carbocycles. The molecule has 1 fully saturated rings. The van der Waals surface area contributed by atoms with Crippen molar-refractivity contribution in [1.29, 1.82) is 0 Å². The van der Waals surface area contributed by atoms with Gasteiger partial charge in [0.25, 0.3) is 0 Å². The van der Waals surface area contributed by atoms with Crippen LogP contribution in [0.1, 0.15) is 26.9 Å². The summed E-state index contributed by atoms with van der Waals surface area (Å²) in [6.07, 6.45) is 0. The van der Waals surface area contributed by atoms with Crippen LogP contribution in [-0.4, -0.2) is 41.9 Å². The second-order valence-corrected chi connectivity index (χ2v) is 6.87. The molecule has 0 aromatic heterocycles. The summed E-state index contributed by atoms with van der Waals surface area (Å²) in [6.45, 7) is 0.409. The van der Waals surface area contributed by atoms with Crippen LogP contribution < -0.4 is 4.74 Å². The van der Waals surface area contributed by atoms with E-state index in [1.807, 2.05) is 12.1 Å². The first-order valence-corrected chi connectivity index (χ1v) is 9.03. The smallest absolute Gasteiger partial charge is 0.337 e. The molecule has 0 bridgehead atoms. The zero-order valence-corrected chi connectivity index (χ0v) is 15.3. The third-order valence-corrected chi connectivity index (χ3v) is 5.44. The van der Waals surface area contributed by atoms with Gasteiger partial charge in [0.15, 0.2) is 11.5 Å². The molecule has 0 aliphatic carbocycles. The van der Waals surface area contributed by atoms with Crippen LogP contribution in [0.2, 0.25) is 0 Å². The van der Waals surface area contributed by atoms with Crippen LogP contribution in [0.5, 0.6) is 11.5 Å². The third-order valence-electron chi connectivity index (χ3n) is 4.18. The second kappa shape index (κ2) is 7.70. The van der Waals surface area contributed by atoms with Crippen molar-refractivity contribution < 1.29 is 24.2 Å². The first kappa shape index (κ1) is 18.1. The molecule has 0 spiro atoms. The average molecular weight is 373 g/mol. The molecule has 1 aliphatic rings. The van der Waals surface area contributed by atoms with Gasteiger partial charge in [0.05, 0.1) is 25.5 Å². The lowest BCUT2D eigenvalue weighted by Crippen LogP contribution is -2.27. The van der Waals surface area contributed by atoms with Gasteiger partial charge in [0.1, 0.15) is 5.37 Å². The second-order valence-electron chi connectivity index (χ2n) is 5.80. The molecule has 1 amide bonds. The first-order chi connectivity index (χ1) is 12.5. The zero-order valence-electron chi connectivity index (χ0n) is 14.5. The number of phenols is 1. The molecule has 3 rings (SSSR count). The van der Waals surface area contributed by atoms with E-state index in [0.717, 1.165) is 11.1 Å². The highest BCUT2D eigenvalue weighted by Gasteiger charge is 2.33. The molecule has 0 saturated carbocycles. The average Bonchev–Trinajstić information content (AvgIpc) is 3.03. The molecular weight excluding hydrogens is 354 g/mol. The number of benzene rings is 2. The Kier molecular flexibility index (Phi) is 5.37. The lowest BCUT2D eigenvalue weighted by molar-refractivity contribution is -0.128. The van der Waals surface area contributed by atoms with Gasteiger partial charge < -0.3 is 19.5 Å². The van der Waals surface area contributed by atoms with Crippen LogP contribution >= 0.6 is 11.8 Å². The standard InChI is InChI=1S/C19H19NO5S/c1-24-16-9-12(3-8-15(16)21)10-20-17(22)11-26-18(20)13-4-6-14(7-5-13)19(23)25-2/h3-9,18,21H,10-11H2,1-2H3. The summed E-state index contributed by atoms with van der Waals surface area (Å²) >= 11 is 1.54. The highest BCUT2D eigenvalue weighted by molar-refractivity contribution is 8.00. The number of nitrogens with zero attached hydrogens (tertiary/aromatic N) is 1. The number of carbonyl (C=O) groups is 2. The van der Waals surface area contributed by atoms with Gasteiger partial charge in [-0.15, -0.1) is 11.8 Å². The molecular formula is C19H19NO5S. The van der Waals surface area contributed by atoms with Gasteiger partial charge in [-0.05, 0) is 35.4 Å². The van der Waals surface area contributed by atoms with Crippen molar-refractivity contribution in [3.05, 3.63) is 59.2 Å². The maximum atomic E-state index is 12.4. The van der Waals surface area contributed by atoms with Crippen molar-refractivity contribution in [2.45, 2.75) is 11.9 Å². The molecule has 7 heteroatoms. The van der Waals surface area contributed by atoms with Gasteiger partial charge in [-0.3, -0.25) is 4.79 Å². The summed E-state index contributed by atoms with van der Waals surface area (Å²) in [7, 11) is 2.83. The molecule has 26 heavy (non-hydrogen) atoms. The number of hydrogen-bond acceptors (Lipinski definition) is 6. The molecule has 1 unspecified atom stereocenters. The molecule has 1 atom stereocenters. The maximum absolute atomic E-state index is 12.4. The van der Waals surface area contributed by atoms with Crippen LogP contribution in [0.4, 0.5) is 0 Å². The molecule has 1 aliphatic heterocycles. The largest absolute Gasteiger partial charge is 0.504 e. The van der Waals surface area contributed by atoms with E-state index in [0.29, 0.717) is 23.6 Å². The molecule has 2 aromatic rings. The minimum Gasteiger partial charge on any atom is -0.504 e. The predicted octanol–water partition coefficient (Wildman–Crippen LogP) is 2.96. The van der Waals surface area contributed by atoms with Crippen LogP contribution in [-0.2, 0) is 16.1 Å². The number of ether oxygens (including phenoxy) is 2. The van der Waals surface area contributed by atoms with Crippen molar-refractivity contribution >= 4 is 23.6 Å². The highest BCUT2D eigenvalue weighted by atomic mass is 32.2. The van der Waals surface area contributed by atoms with Crippen molar-refractivity contribution in [2.75, 3.05) is 20.0 Å². The number of hydrogen-bond donors (Lipinski definition) is 1. The Balaban J connectivity index is 1.81. The van der Waals surface area contributed by atoms with Crippen molar-refractivity contribution in [2.24, 2.45) is 0 Å². The van der Waals surface area contributed by atoms with E-state index in [-0.39, 0.29) is 23.0 Å². The van der Waals surface area contributed by atoms with Crippen LogP contribution in [0, 0.1) is 0 Å². The summed E-state index contributed by atoms with van der Waals surface area (Å²) in [5.74, 6) is 0.497. The van der Waals surface area contributed by atoms with Crippen LogP contribution in [0.3, 0.4) is 0 Å². The third kappa shape index (κ3) is 3.62. The van der Waals surface area contributed by atoms with E-state index in [1.54, 1.807) is 47.0 Å². The minimum atomic E-state index is -0.389. The molecule has 1 saturated heterocycles. The van der Waals surface area contributed by atoms with Crippen molar-refractivity contribution in [3.63, 3.8) is 0 Å². The van der Waals surface area contributed by atoms with E-state index in [9.17, 15) is 14.7 Å².